The summed E-state index contributed by atoms with van der Waals surface area (Å²) in [6.45, 7) is 0.625. The number of anilines is 3. The summed E-state index contributed by atoms with van der Waals surface area (Å²) in [5.41, 5.74) is 4.06. The molecule has 1 aromatic heterocycles. The zero-order valence-electron chi connectivity index (χ0n) is 12.9. The topological polar surface area (TPSA) is 28.2 Å². The third-order valence-electron chi connectivity index (χ3n) is 3.67. The molecule has 0 aliphatic carbocycles. The molecular formula is C19H18FN3. The van der Waals surface area contributed by atoms with Crippen molar-refractivity contribution < 1.29 is 4.39 Å². The van der Waals surface area contributed by atoms with Crippen LogP contribution in [0.3, 0.4) is 0 Å². The lowest BCUT2D eigenvalue weighted by atomic mass is 10.2. The highest BCUT2D eigenvalue weighted by Gasteiger charge is 2.03. The molecule has 0 amide bonds. The second kappa shape index (κ2) is 6.92. The number of nitrogens with one attached hydrogen (secondary N) is 1. The fourth-order valence-electron chi connectivity index (χ4n) is 2.35. The van der Waals surface area contributed by atoms with Gasteiger partial charge in [-0.25, -0.2) is 4.39 Å². The summed E-state index contributed by atoms with van der Waals surface area (Å²) < 4.78 is 13.1. The molecule has 2 aromatic carbocycles. The van der Waals surface area contributed by atoms with Crippen LogP contribution in [0.4, 0.5) is 21.5 Å². The largest absolute Gasteiger partial charge is 0.380 e. The van der Waals surface area contributed by atoms with Crippen LogP contribution in [-0.2, 0) is 6.54 Å². The van der Waals surface area contributed by atoms with Gasteiger partial charge in [-0.15, -0.1) is 0 Å². The third-order valence-corrected chi connectivity index (χ3v) is 3.67. The van der Waals surface area contributed by atoms with Crippen molar-refractivity contribution >= 4 is 17.1 Å². The maximum Gasteiger partial charge on any atom is 0.143 e. The summed E-state index contributed by atoms with van der Waals surface area (Å²) in [7, 11) is 2.04. The minimum atomic E-state index is -0.338. The van der Waals surface area contributed by atoms with Crippen molar-refractivity contribution in [1.29, 1.82) is 0 Å². The van der Waals surface area contributed by atoms with Gasteiger partial charge in [-0.3, -0.25) is 4.98 Å². The summed E-state index contributed by atoms with van der Waals surface area (Å²) in [6.07, 6.45) is 2.81. The Morgan fingerprint density at radius 1 is 0.957 bits per heavy atom. The number of hydrogen-bond acceptors (Lipinski definition) is 3. The van der Waals surface area contributed by atoms with Gasteiger partial charge in [-0.2, -0.15) is 0 Å². The highest BCUT2D eigenvalue weighted by atomic mass is 19.1. The van der Waals surface area contributed by atoms with Gasteiger partial charge in [0.1, 0.15) is 5.82 Å². The number of para-hydroxylation sites is 1. The van der Waals surface area contributed by atoms with Gasteiger partial charge in [0.2, 0.25) is 0 Å². The zero-order valence-corrected chi connectivity index (χ0v) is 12.9. The van der Waals surface area contributed by atoms with Crippen LogP contribution in [0.5, 0.6) is 0 Å². The lowest BCUT2D eigenvalue weighted by Crippen LogP contribution is -2.09. The summed E-state index contributed by atoms with van der Waals surface area (Å²) in [5, 5.41) is 3.17. The van der Waals surface area contributed by atoms with Crippen LogP contribution >= 0.6 is 0 Å². The molecule has 3 rings (SSSR count). The average Bonchev–Trinajstić information content (AvgIpc) is 2.61. The van der Waals surface area contributed by atoms with Crippen LogP contribution < -0.4 is 10.2 Å². The summed E-state index contributed by atoms with van der Waals surface area (Å²) in [4.78, 5) is 5.96. The van der Waals surface area contributed by atoms with Crippen LogP contribution in [0.25, 0.3) is 0 Å². The van der Waals surface area contributed by atoms with E-state index in [0.29, 0.717) is 12.2 Å². The maximum absolute atomic E-state index is 13.1. The van der Waals surface area contributed by atoms with E-state index in [1.807, 2.05) is 25.2 Å². The van der Waals surface area contributed by atoms with Crippen molar-refractivity contribution in [3.05, 3.63) is 84.4 Å². The van der Waals surface area contributed by atoms with Crippen molar-refractivity contribution in [2.45, 2.75) is 6.54 Å². The third kappa shape index (κ3) is 3.86. The van der Waals surface area contributed by atoms with Gasteiger partial charge >= 0.3 is 0 Å². The van der Waals surface area contributed by atoms with E-state index in [2.05, 4.69) is 51.6 Å². The van der Waals surface area contributed by atoms with E-state index in [1.54, 1.807) is 6.20 Å². The maximum atomic E-state index is 13.1. The fraction of sp³-hybridized carbons (Fsp3) is 0.105. The molecule has 0 saturated heterocycles. The minimum absolute atomic E-state index is 0.338. The van der Waals surface area contributed by atoms with Gasteiger partial charge in [0, 0.05) is 31.0 Å². The Bertz CT molecular complexity index is 757. The molecule has 116 valence electrons. The molecule has 0 aliphatic heterocycles. The van der Waals surface area contributed by atoms with Crippen molar-refractivity contribution in [3.8, 4) is 0 Å². The first-order chi connectivity index (χ1) is 11.2. The van der Waals surface area contributed by atoms with Gasteiger partial charge in [0.15, 0.2) is 0 Å². The van der Waals surface area contributed by atoms with Gasteiger partial charge < -0.3 is 10.2 Å². The highest BCUT2D eigenvalue weighted by Crippen LogP contribution is 2.23. The predicted molar refractivity (Wildman–Crippen MR) is 92.5 cm³/mol. The summed E-state index contributed by atoms with van der Waals surface area (Å²) >= 11 is 0. The smallest absolute Gasteiger partial charge is 0.143 e. The van der Waals surface area contributed by atoms with Gasteiger partial charge in [-0.05, 0) is 29.8 Å². The number of nitrogens with zero attached hydrogens (tertiary/aromatic N) is 2. The molecule has 3 nitrogen and oxygen atoms in total. The molecule has 0 spiro atoms. The second-order valence-corrected chi connectivity index (χ2v) is 5.31. The van der Waals surface area contributed by atoms with Crippen LogP contribution in [0.15, 0.2) is 73.1 Å². The zero-order chi connectivity index (χ0) is 16.1. The SMILES string of the molecule is CN(c1ccccc1)c1ccc(CNc2cncc(F)c2)cc1. The van der Waals surface area contributed by atoms with E-state index in [-0.39, 0.29) is 5.82 Å². The first-order valence-corrected chi connectivity index (χ1v) is 7.44. The molecule has 3 aromatic rings. The van der Waals surface area contributed by atoms with E-state index >= 15 is 0 Å². The van der Waals surface area contributed by atoms with E-state index in [4.69, 9.17) is 0 Å². The van der Waals surface area contributed by atoms with E-state index in [1.165, 1.54) is 12.3 Å². The van der Waals surface area contributed by atoms with E-state index in [0.717, 1.165) is 16.9 Å². The molecule has 0 fully saturated rings. The lowest BCUT2D eigenvalue weighted by molar-refractivity contribution is 0.622. The molecule has 0 bridgehead atoms. The van der Waals surface area contributed by atoms with Crippen molar-refractivity contribution in [2.75, 3.05) is 17.3 Å². The molecule has 23 heavy (non-hydrogen) atoms. The first-order valence-electron chi connectivity index (χ1n) is 7.44. The molecule has 0 radical (unpaired) electrons. The van der Waals surface area contributed by atoms with Gasteiger partial charge in [0.25, 0.3) is 0 Å². The number of hydrogen-bond donors (Lipinski definition) is 1. The Morgan fingerprint density at radius 3 is 2.35 bits per heavy atom. The molecule has 0 aliphatic rings. The van der Waals surface area contributed by atoms with Crippen LogP contribution in [0.2, 0.25) is 0 Å². The molecule has 0 atom stereocenters. The van der Waals surface area contributed by atoms with Gasteiger partial charge in [-0.1, -0.05) is 30.3 Å². The van der Waals surface area contributed by atoms with Crippen molar-refractivity contribution in [3.63, 3.8) is 0 Å². The predicted octanol–water partition coefficient (Wildman–Crippen LogP) is 4.60. The molecule has 1 heterocycles. The summed E-state index contributed by atoms with van der Waals surface area (Å²) in [5.74, 6) is -0.338. The molecule has 0 saturated carbocycles. The second-order valence-electron chi connectivity index (χ2n) is 5.31. The Kier molecular flexibility index (Phi) is 4.52. The van der Waals surface area contributed by atoms with Crippen LogP contribution in [-0.4, -0.2) is 12.0 Å². The number of aromatic nitrogens is 1. The first kappa shape index (κ1) is 15.0. The Morgan fingerprint density at radius 2 is 1.65 bits per heavy atom. The fourth-order valence-corrected chi connectivity index (χ4v) is 2.35. The summed E-state index contributed by atoms with van der Waals surface area (Å²) in [6, 6.07) is 19.9. The standard InChI is InChI=1S/C19H18FN3/c1-23(18-5-3-2-4-6-18)19-9-7-15(8-10-19)12-22-17-11-16(20)13-21-14-17/h2-11,13-14,22H,12H2,1H3. The highest BCUT2D eigenvalue weighted by molar-refractivity contribution is 5.62. The molecule has 1 N–H and O–H groups in total. The van der Waals surface area contributed by atoms with E-state index in [9.17, 15) is 4.39 Å². The molecular weight excluding hydrogens is 289 g/mol. The average molecular weight is 307 g/mol. The Hall–Kier alpha value is -2.88. The van der Waals surface area contributed by atoms with E-state index < -0.39 is 0 Å². The number of halogens is 1. The lowest BCUT2D eigenvalue weighted by Gasteiger charge is -2.19. The number of rotatable bonds is 5. The molecule has 0 unspecified atom stereocenters. The van der Waals surface area contributed by atoms with Crippen LogP contribution in [0, 0.1) is 5.82 Å². The number of pyridine rings is 1. The van der Waals surface area contributed by atoms with Crippen molar-refractivity contribution in [1.82, 2.24) is 4.98 Å². The normalized spacial score (nSPS) is 10.3. The number of benzene rings is 2. The van der Waals surface area contributed by atoms with Gasteiger partial charge in [0.05, 0.1) is 18.1 Å². The monoisotopic (exact) mass is 307 g/mol. The minimum Gasteiger partial charge on any atom is -0.380 e. The quantitative estimate of drug-likeness (QED) is 0.746. The van der Waals surface area contributed by atoms with Crippen molar-refractivity contribution in [2.24, 2.45) is 0 Å². The Labute approximate surface area is 135 Å². The molecule has 4 heteroatoms. The van der Waals surface area contributed by atoms with Crippen LogP contribution in [0.1, 0.15) is 5.56 Å². The Balaban J connectivity index is 1.65.